The summed E-state index contributed by atoms with van der Waals surface area (Å²) in [5.74, 6) is -1.09. The zero-order chi connectivity index (χ0) is 57.1. The van der Waals surface area contributed by atoms with Gasteiger partial charge in [0.05, 0.1) is 6.42 Å². The Morgan fingerprint density at radius 1 is 0.278 bits per heavy atom. The Labute approximate surface area is 485 Å². The molecule has 1 unspecified atom stereocenters. The first-order valence-electron chi connectivity index (χ1n) is 31.6. The van der Waals surface area contributed by atoms with E-state index in [1.54, 1.807) is 6.08 Å². The van der Waals surface area contributed by atoms with Crippen molar-refractivity contribution in [1.29, 1.82) is 0 Å². The van der Waals surface area contributed by atoms with Crippen LogP contribution in [0.25, 0.3) is 0 Å². The van der Waals surface area contributed by atoms with Crippen LogP contribution >= 0.6 is 0 Å². The van der Waals surface area contributed by atoms with Gasteiger partial charge in [-0.15, -0.1) is 0 Å². The second-order valence-electron chi connectivity index (χ2n) is 20.2. The van der Waals surface area contributed by atoms with Crippen LogP contribution in [0.15, 0.2) is 170 Å². The molecule has 0 rings (SSSR count). The number of allylic oxidation sites excluding steroid dienone is 27. The molecule has 0 saturated carbocycles. The lowest BCUT2D eigenvalue weighted by molar-refractivity contribution is -0.166. The Bertz CT molecular complexity index is 1820. The van der Waals surface area contributed by atoms with Crippen molar-refractivity contribution in [2.24, 2.45) is 0 Å². The number of hydrogen-bond donors (Lipinski definition) is 0. The normalized spacial score (nSPS) is 13.3. The Morgan fingerprint density at radius 2 is 0.544 bits per heavy atom. The number of unbranched alkanes of at least 4 members (excludes halogenated alkanes) is 17. The fourth-order valence-electron chi connectivity index (χ4n) is 8.05. The van der Waals surface area contributed by atoms with Crippen molar-refractivity contribution < 1.29 is 28.6 Å². The largest absolute Gasteiger partial charge is 0.462 e. The molecule has 0 aliphatic heterocycles. The van der Waals surface area contributed by atoms with Gasteiger partial charge in [0.15, 0.2) is 6.10 Å². The summed E-state index contributed by atoms with van der Waals surface area (Å²) in [5, 5.41) is 0. The molecule has 0 aliphatic carbocycles. The molecule has 79 heavy (non-hydrogen) atoms. The molecule has 0 aromatic rings. The lowest BCUT2D eigenvalue weighted by Gasteiger charge is -2.18. The van der Waals surface area contributed by atoms with Gasteiger partial charge in [-0.25, -0.2) is 0 Å². The molecule has 1 atom stereocenters. The lowest BCUT2D eigenvalue weighted by Crippen LogP contribution is -2.30. The quantitative estimate of drug-likeness (QED) is 0.0261. The Morgan fingerprint density at radius 3 is 0.886 bits per heavy atom. The molecule has 0 aliphatic rings. The van der Waals surface area contributed by atoms with E-state index < -0.39 is 12.1 Å². The van der Waals surface area contributed by atoms with Gasteiger partial charge in [-0.2, -0.15) is 0 Å². The average Bonchev–Trinajstić information content (AvgIpc) is 3.45. The lowest BCUT2D eigenvalue weighted by atomic mass is 10.1. The first-order chi connectivity index (χ1) is 39.0. The summed E-state index contributed by atoms with van der Waals surface area (Å²) in [6.07, 6.45) is 96.6. The van der Waals surface area contributed by atoms with E-state index in [1.165, 1.54) is 70.6 Å². The van der Waals surface area contributed by atoms with E-state index in [9.17, 15) is 14.4 Å². The maximum absolute atomic E-state index is 12.9. The summed E-state index contributed by atoms with van der Waals surface area (Å²) in [6, 6.07) is 0. The average molecular weight is 1090 g/mol. The highest BCUT2D eigenvalue weighted by Crippen LogP contribution is 2.14. The maximum Gasteiger partial charge on any atom is 0.309 e. The predicted octanol–water partition coefficient (Wildman–Crippen LogP) is 21.9. The van der Waals surface area contributed by atoms with Crippen molar-refractivity contribution in [2.45, 2.75) is 258 Å². The van der Waals surface area contributed by atoms with Crippen LogP contribution in [0.2, 0.25) is 0 Å². The molecule has 0 spiro atoms. The van der Waals surface area contributed by atoms with Gasteiger partial charge in [0, 0.05) is 12.8 Å². The minimum absolute atomic E-state index is 0.114. The van der Waals surface area contributed by atoms with Crippen LogP contribution < -0.4 is 0 Å². The van der Waals surface area contributed by atoms with Gasteiger partial charge in [-0.3, -0.25) is 14.4 Å². The van der Waals surface area contributed by atoms with Crippen LogP contribution in [-0.2, 0) is 28.6 Å². The molecule has 0 saturated heterocycles. The maximum atomic E-state index is 12.9. The molecule has 0 heterocycles. The summed E-state index contributed by atoms with van der Waals surface area (Å²) in [5.41, 5.74) is 0. The van der Waals surface area contributed by atoms with Crippen LogP contribution in [-0.4, -0.2) is 37.2 Å². The molecule has 0 aromatic heterocycles. The number of carbonyl (C=O) groups is 3. The molecular weight excluding hydrogens is 973 g/mol. The van der Waals surface area contributed by atoms with Crippen LogP contribution in [0.4, 0.5) is 0 Å². The van der Waals surface area contributed by atoms with E-state index in [4.69, 9.17) is 14.2 Å². The molecule has 442 valence electrons. The van der Waals surface area contributed by atoms with Crippen LogP contribution in [0.1, 0.15) is 252 Å². The first-order valence-corrected chi connectivity index (χ1v) is 31.6. The number of carbonyl (C=O) groups excluding carboxylic acids is 3. The van der Waals surface area contributed by atoms with Crippen molar-refractivity contribution in [2.75, 3.05) is 13.2 Å². The summed E-state index contributed by atoms with van der Waals surface area (Å²) in [6.45, 7) is 6.27. The van der Waals surface area contributed by atoms with E-state index in [1.807, 2.05) is 6.08 Å². The minimum Gasteiger partial charge on any atom is -0.462 e. The Balaban J connectivity index is 4.51. The third kappa shape index (κ3) is 63.5. The highest BCUT2D eigenvalue weighted by molar-refractivity contribution is 5.72. The Kier molecular flexibility index (Phi) is 61.0. The van der Waals surface area contributed by atoms with E-state index >= 15 is 0 Å². The summed E-state index contributed by atoms with van der Waals surface area (Å²) < 4.78 is 16.8. The molecule has 0 N–H and O–H groups in total. The number of esters is 3. The van der Waals surface area contributed by atoms with Crippen molar-refractivity contribution >= 4 is 17.9 Å². The van der Waals surface area contributed by atoms with Crippen molar-refractivity contribution in [3.63, 3.8) is 0 Å². The summed E-state index contributed by atoms with van der Waals surface area (Å²) in [7, 11) is 0. The van der Waals surface area contributed by atoms with E-state index in [2.05, 4.69) is 179 Å². The molecule has 0 aromatic carbocycles. The monoisotopic (exact) mass is 1090 g/mol. The second-order valence-corrected chi connectivity index (χ2v) is 20.2. The molecule has 0 radical (unpaired) electrons. The zero-order valence-corrected chi connectivity index (χ0v) is 50.6. The zero-order valence-electron chi connectivity index (χ0n) is 50.6. The minimum atomic E-state index is -0.839. The van der Waals surface area contributed by atoms with Crippen molar-refractivity contribution in [3.8, 4) is 0 Å². The second kappa shape index (κ2) is 65.3. The van der Waals surface area contributed by atoms with Crippen LogP contribution in [0.3, 0.4) is 0 Å². The summed E-state index contributed by atoms with van der Waals surface area (Å²) >= 11 is 0. The van der Waals surface area contributed by atoms with Gasteiger partial charge in [0.2, 0.25) is 0 Å². The van der Waals surface area contributed by atoms with Gasteiger partial charge in [-0.1, -0.05) is 268 Å². The van der Waals surface area contributed by atoms with E-state index in [0.29, 0.717) is 12.8 Å². The predicted molar refractivity (Wildman–Crippen MR) is 343 cm³/mol. The molecular formula is C73H114O6. The van der Waals surface area contributed by atoms with Crippen LogP contribution in [0, 0.1) is 0 Å². The molecule has 6 nitrogen and oxygen atoms in total. The van der Waals surface area contributed by atoms with Gasteiger partial charge in [-0.05, 0) is 135 Å². The number of ether oxygens (including phenoxy) is 3. The van der Waals surface area contributed by atoms with Gasteiger partial charge < -0.3 is 14.2 Å². The van der Waals surface area contributed by atoms with Crippen molar-refractivity contribution in [3.05, 3.63) is 170 Å². The molecule has 6 heteroatoms. The number of hydrogen-bond acceptors (Lipinski definition) is 6. The SMILES string of the molecule is CC/C=C\C/C=C\C/C=C\C/C=C\C/C=C\C/C=C\C/C=C\CCCCCCCC(=O)OCC(COC(=O)C/C=C\C/C=C\C/C=C\C/C=C\C/C=C\CC)OC(=O)CCCCCCCCCCC/C=C\C/C=C\CCCCC. The molecule has 0 fully saturated rings. The third-order valence-corrected chi connectivity index (χ3v) is 12.7. The fraction of sp³-hybridized carbons (Fsp3) is 0.575. The van der Waals surface area contributed by atoms with Gasteiger partial charge in [0.1, 0.15) is 13.2 Å². The first kappa shape index (κ1) is 73.8. The van der Waals surface area contributed by atoms with Gasteiger partial charge in [0.25, 0.3) is 0 Å². The van der Waals surface area contributed by atoms with Crippen molar-refractivity contribution in [1.82, 2.24) is 0 Å². The standard InChI is InChI=1S/C73H114O6/c1-4-7-10-13-16-19-22-25-28-30-32-33-34-35-36-37-38-39-41-42-45-48-51-54-57-60-63-66-72(75)78-69-70(68-77-71(74)65-62-59-56-53-50-47-44-27-24-21-18-15-12-9-6-3)79-73(76)67-64-61-58-55-52-49-46-43-40-31-29-26-23-20-17-14-11-8-5-2/h7,9-10,12,16-21,25-29,32-33,35-36,38-39,42,44-45,50,53,59,62,70H,4-6,8,11,13-15,22-24,30-31,34,37,40-41,43,46-49,51-52,54-58,60-61,63-69H2,1-3H3/b10-7-,12-9-,19-16-,20-17-,21-18-,28-25-,29-26-,33-32-,36-35-,39-38-,44-27-,45-42-,53-50-,62-59-. The summed E-state index contributed by atoms with van der Waals surface area (Å²) in [4.78, 5) is 38.3. The Hall–Kier alpha value is -5.23. The molecule has 0 bridgehead atoms. The highest BCUT2D eigenvalue weighted by atomic mass is 16.6. The fourth-order valence-corrected chi connectivity index (χ4v) is 8.05. The topological polar surface area (TPSA) is 78.9 Å². The van der Waals surface area contributed by atoms with Crippen LogP contribution in [0.5, 0.6) is 0 Å². The van der Waals surface area contributed by atoms with Gasteiger partial charge >= 0.3 is 17.9 Å². The molecule has 0 amide bonds. The number of rotatable bonds is 55. The smallest absolute Gasteiger partial charge is 0.309 e. The third-order valence-electron chi connectivity index (χ3n) is 12.7. The van der Waals surface area contributed by atoms with E-state index in [-0.39, 0.29) is 31.6 Å². The van der Waals surface area contributed by atoms with E-state index in [0.717, 1.165) is 141 Å². The highest BCUT2D eigenvalue weighted by Gasteiger charge is 2.19.